The smallest absolute Gasteiger partial charge is 0.335 e. The van der Waals surface area contributed by atoms with Crippen molar-refractivity contribution in [3.05, 3.63) is 88.7 Å². The monoisotopic (exact) mass is 476 g/mol. The van der Waals surface area contributed by atoms with Gasteiger partial charge in [0.05, 0.1) is 11.3 Å². The average molecular weight is 477 g/mol. The molecule has 0 bridgehead atoms. The summed E-state index contributed by atoms with van der Waals surface area (Å²) in [5.74, 6) is -0.758. The van der Waals surface area contributed by atoms with E-state index in [-0.39, 0.29) is 11.4 Å². The number of nitrogens with one attached hydrogen (secondary N) is 1. The molecule has 1 aromatic heterocycles. The minimum absolute atomic E-state index is 0.266. The van der Waals surface area contributed by atoms with Crippen LogP contribution in [0.2, 0.25) is 0 Å². The number of aryl methyl sites for hydroxylation is 1. The quantitative estimate of drug-likeness (QED) is 0.269. The van der Waals surface area contributed by atoms with Gasteiger partial charge in [0.25, 0.3) is 0 Å². The first-order chi connectivity index (χ1) is 16.0. The van der Waals surface area contributed by atoms with E-state index in [2.05, 4.69) is 9.10 Å². The van der Waals surface area contributed by atoms with Gasteiger partial charge < -0.3 is 9.83 Å². The van der Waals surface area contributed by atoms with E-state index >= 15 is 0 Å². The molecule has 2 N–H and O–H groups in total. The Morgan fingerprint density at radius 2 is 1.91 bits per heavy atom. The van der Waals surface area contributed by atoms with E-state index in [1.807, 2.05) is 43.5 Å². The number of hydrogen-bond donors (Lipinski definition) is 2. The fraction of sp³-hybridized carbons (Fsp3) is 0.154. The van der Waals surface area contributed by atoms with Gasteiger partial charge in [-0.15, -0.1) is 0 Å². The summed E-state index contributed by atoms with van der Waals surface area (Å²) in [6.45, 7) is 2.04. The topological polar surface area (TPSA) is 62.2 Å². The largest absolute Gasteiger partial charge is 0.478 e. The predicted molar refractivity (Wildman–Crippen MR) is 133 cm³/mol. The first-order valence-electron chi connectivity index (χ1n) is 10.6. The van der Waals surface area contributed by atoms with Crippen molar-refractivity contribution in [1.29, 1.82) is 0 Å². The predicted octanol–water partition coefficient (Wildman–Crippen LogP) is 7.62. The number of aromatic nitrogens is 1. The number of rotatable bonds is 7. The second kappa shape index (κ2) is 9.00. The number of anilines is 1. The fourth-order valence-electron chi connectivity index (χ4n) is 3.88. The van der Waals surface area contributed by atoms with E-state index in [4.69, 9.17) is 0 Å². The van der Waals surface area contributed by atoms with Crippen LogP contribution in [0.15, 0.2) is 71.8 Å². The lowest BCUT2D eigenvalue weighted by Crippen LogP contribution is -1.99. The minimum Gasteiger partial charge on any atom is -0.478 e. The molecule has 0 saturated heterocycles. The lowest BCUT2D eigenvalue weighted by molar-refractivity contribution is 0.0696. The third kappa shape index (κ3) is 4.65. The molecule has 1 saturated carbocycles. The van der Waals surface area contributed by atoms with Crippen LogP contribution in [-0.2, 0) is 0 Å². The molecule has 0 amide bonds. The molecule has 0 spiro atoms. The van der Waals surface area contributed by atoms with Crippen molar-refractivity contribution < 1.29 is 14.3 Å². The Balaban J connectivity index is 1.54. The van der Waals surface area contributed by atoms with Crippen LogP contribution in [0.25, 0.3) is 22.3 Å². The maximum atomic E-state index is 14.0. The molecule has 0 aliphatic heterocycles. The zero-order valence-electron chi connectivity index (χ0n) is 17.8. The molecule has 4 aromatic rings. The molecule has 7 heteroatoms. The van der Waals surface area contributed by atoms with Crippen LogP contribution in [-0.4, -0.2) is 15.4 Å². The zero-order valence-corrected chi connectivity index (χ0v) is 19.5. The number of carboxylic acid groups (broad SMARTS) is 1. The van der Waals surface area contributed by atoms with Gasteiger partial charge in [-0.1, -0.05) is 30.3 Å². The van der Waals surface area contributed by atoms with Crippen LogP contribution in [0.5, 0.6) is 0 Å². The number of carbonyl (C=O) groups is 1. The molecule has 1 heterocycles. The summed E-state index contributed by atoms with van der Waals surface area (Å²) in [6, 6.07) is 17.9. The van der Waals surface area contributed by atoms with Gasteiger partial charge in [0.1, 0.15) is 5.82 Å². The van der Waals surface area contributed by atoms with Gasteiger partial charge in [0.15, 0.2) is 0 Å². The molecule has 1 aliphatic rings. The third-order valence-electron chi connectivity index (χ3n) is 5.77. The van der Waals surface area contributed by atoms with Crippen molar-refractivity contribution in [3.8, 4) is 22.3 Å². The Kier molecular flexibility index (Phi) is 5.91. The molecule has 3 aromatic carbocycles. The highest BCUT2D eigenvalue weighted by Crippen LogP contribution is 2.45. The minimum atomic E-state index is -0.943. The number of benzene rings is 3. The molecule has 1 aliphatic carbocycles. The van der Waals surface area contributed by atoms with Crippen LogP contribution in [0.3, 0.4) is 0 Å². The van der Waals surface area contributed by atoms with Crippen LogP contribution >= 0.6 is 23.5 Å². The van der Waals surface area contributed by atoms with Crippen molar-refractivity contribution in [2.45, 2.75) is 30.6 Å². The number of hydrogen-bond acceptors (Lipinski definition) is 5. The Bertz CT molecular complexity index is 1350. The number of halogens is 1. The molecule has 166 valence electrons. The lowest BCUT2D eigenvalue weighted by atomic mass is 9.99. The molecule has 0 unspecified atom stereocenters. The summed E-state index contributed by atoms with van der Waals surface area (Å²) < 4.78 is 21.7. The second-order valence-corrected chi connectivity index (χ2v) is 9.96. The average Bonchev–Trinajstić information content (AvgIpc) is 3.57. The van der Waals surface area contributed by atoms with E-state index in [1.54, 1.807) is 18.2 Å². The molecular weight excluding hydrogens is 455 g/mol. The summed E-state index contributed by atoms with van der Waals surface area (Å²) >= 11 is 2.86. The molecule has 0 radical (unpaired) electrons. The van der Waals surface area contributed by atoms with E-state index in [0.29, 0.717) is 5.92 Å². The normalized spacial score (nSPS) is 13.2. The Hall–Kier alpha value is -3.16. The SMILES string of the molecule is Cc1sncc1-c1ccc(-c2cccc(F)c2)c(NSc2cc(C(=O)O)ccc2C2CC2)c1. The molecular formula is C26H21FN2O2S2. The van der Waals surface area contributed by atoms with Gasteiger partial charge in [0.2, 0.25) is 0 Å². The zero-order chi connectivity index (χ0) is 22.9. The van der Waals surface area contributed by atoms with Crippen molar-refractivity contribution in [3.63, 3.8) is 0 Å². The van der Waals surface area contributed by atoms with Crippen LogP contribution < -0.4 is 4.72 Å². The van der Waals surface area contributed by atoms with Crippen LogP contribution in [0.4, 0.5) is 10.1 Å². The van der Waals surface area contributed by atoms with E-state index in [0.717, 1.165) is 50.6 Å². The Labute approximate surface area is 199 Å². The summed E-state index contributed by atoms with van der Waals surface area (Å²) in [5, 5.41) is 9.46. The summed E-state index contributed by atoms with van der Waals surface area (Å²) in [5.41, 5.74) is 5.98. The summed E-state index contributed by atoms with van der Waals surface area (Å²) in [4.78, 5) is 13.6. The van der Waals surface area contributed by atoms with Gasteiger partial charge >= 0.3 is 5.97 Å². The van der Waals surface area contributed by atoms with E-state index in [1.165, 1.54) is 41.2 Å². The van der Waals surface area contributed by atoms with Crippen molar-refractivity contribution in [1.82, 2.24) is 4.37 Å². The van der Waals surface area contributed by atoms with Crippen molar-refractivity contribution in [2.75, 3.05) is 4.72 Å². The van der Waals surface area contributed by atoms with Gasteiger partial charge in [-0.2, -0.15) is 0 Å². The van der Waals surface area contributed by atoms with E-state index in [9.17, 15) is 14.3 Å². The number of carboxylic acids is 1. The summed E-state index contributed by atoms with van der Waals surface area (Å²) in [6.07, 6.45) is 4.10. The maximum Gasteiger partial charge on any atom is 0.335 e. The Morgan fingerprint density at radius 3 is 2.61 bits per heavy atom. The Morgan fingerprint density at radius 1 is 1.09 bits per heavy atom. The lowest BCUT2D eigenvalue weighted by Gasteiger charge is -2.16. The highest BCUT2D eigenvalue weighted by Gasteiger charge is 2.27. The first kappa shape index (κ1) is 21.7. The van der Waals surface area contributed by atoms with Crippen molar-refractivity contribution in [2.24, 2.45) is 0 Å². The standard InChI is InChI=1S/C26H21FN2O2S2/c1-15-23(14-28-32-15)18-7-9-21(17-3-2-4-20(27)11-17)24(12-18)29-33-25-13-19(26(30)31)8-10-22(25)16-5-6-16/h2-4,7-14,16,29H,5-6H2,1H3,(H,30,31). The molecule has 5 rings (SSSR count). The molecule has 4 nitrogen and oxygen atoms in total. The van der Waals surface area contributed by atoms with Gasteiger partial charge in [-0.05, 0) is 96.2 Å². The fourth-order valence-corrected chi connectivity index (χ4v) is 5.39. The van der Waals surface area contributed by atoms with Crippen LogP contribution in [0, 0.1) is 12.7 Å². The number of nitrogens with zero attached hydrogens (tertiary/aromatic N) is 1. The van der Waals surface area contributed by atoms with Crippen LogP contribution in [0.1, 0.15) is 39.6 Å². The van der Waals surface area contributed by atoms with Gasteiger partial charge in [0, 0.05) is 27.1 Å². The summed E-state index contributed by atoms with van der Waals surface area (Å²) in [7, 11) is 0. The highest BCUT2D eigenvalue weighted by molar-refractivity contribution is 8.00. The maximum absolute atomic E-state index is 14.0. The van der Waals surface area contributed by atoms with Gasteiger partial charge in [-0.3, -0.25) is 0 Å². The first-order valence-corrected chi connectivity index (χ1v) is 12.2. The second-order valence-electron chi connectivity index (χ2n) is 8.10. The van der Waals surface area contributed by atoms with Gasteiger partial charge in [-0.25, -0.2) is 13.6 Å². The highest BCUT2D eigenvalue weighted by atomic mass is 32.2. The molecule has 1 fully saturated rings. The molecule has 0 atom stereocenters. The third-order valence-corrected chi connectivity index (χ3v) is 7.37. The van der Waals surface area contributed by atoms with E-state index < -0.39 is 5.97 Å². The number of aromatic carboxylic acids is 1. The molecule has 33 heavy (non-hydrogen) atoms. The van der Waals surface area contributed by atoms with Crippen molar-refractivity contribution >= 4 is 35.1 Å².